The number of carbonyl (C=O) groups excluding carboxylic acids is 2. The second-order valence-corrected chi connectivity index (χ2v) is 9.27. The van der Waals surface area contributed by atoms with Crippen LogP contribution in [0.15, 0.2) is 18.2 Å². The Morgan fingerprint density at radius 3 is 2.12 bits per heavy atom. The first kappa shape index (κ1) is 24.0. The van der Waals surface area contributed by atoms with Gasteiger partial charge in [-0.2, -0.15) is 9.59 Å². The molecule has 1 aliphatic rings. The number of aromatic nitrogens is 2. The van der Waals surface area contributed by atoms with E-state index in [4.69, 9.17) is 26.2 Å². The number of hydrogen-bond acceptors (Lipinski definition) is 4. The number of benzene rings is 1. The first-order valence-corrected chi connectivity index (χ1v) is 11.6. The van der Waals surface area contributed by atoms with E-state index in [9.17, 15) is 0 Å². The van der Waals surface area contributed by atoms with Crippen LogP contribution in [0.2, 0.25) is 5.02 Å². The van der Waals surface area contributed by atoms with E-state index in [1.807, 2.05) is 0 Å². The smallest absolute Gasteiger partial charge is 0.371 e. The van der Waals surface area contributed by atoms with Crippen molar-refractivity contribution in [2.45, 2.75) is 60.8 Å². The molecule has 0 N–H and O–H groups in total. The first-order chi connectivity index (χ1) is 15.2. The molecule has 1 saturated heterocycles. The van der Waals surface area contributed by atoms with E-state index in [1.165, 1.54) is 58.4 Å². The molecule has 0 aliphatic carbocycles. The minimum atomic E-state index is 0.250. The molecule has 3 aromatic rings. The van der Waals surface area contributed by atoms with Crippen molar-refractivity contribution in [1.29, 1.82) is 0 Å². The number of nitrogens with zero attached hydrogens (tertiary/aromatic N) is 3. The molecule has 3 heterocycles. The summed E-state index contributed by atoms with van der Waals surface area (Å²) in [6.45, 7) is 15.5. The predicted octanol–water partition coefficient (Wildman–Crippen LogP) is 6.26. The van der Waals surface area contributed by atoms with Gasteiger partial charge in [0.25, 0.3) is 0 Å². The Labute approximate surface area is 195 Å². The average Bonchev–Trinajstić information content (AvgIpc) is 2.98. The van der Waals surface area contributed by atoms with Crippen LogP contribution in [-0.4, -0.2) is 28.8 Å². The van der Waals surface area contributed by atoms with Crippen LogP contribution < -0.4 is 4.90 Å². The summed E-state index contributed by atoms with van der Waals surface area (Å²) < 4.78 is 2.35. The number of halogens is 1. The number of rotatable bonds is 3. The quantitative estimate of drug-likeness (QED) is 0.469. The molecule has 0 radical (unpaired) electrons. The summed E-state index contributed by atoms with van der Waals surface area (Å²) in [7, 11) is 0. The largest absolute Gasteiger partial charge is 0.373 e. The second kappa shape index (κ2) is 9.89. The van der Waals surface area contributed by atoms with E-state index < -0.39 is 0 Å². The Kier molecular flexibility index (Phi) is 7.43. The van der Waals surface area contributed by atoms with Crippen LogP contribution in [0.25, 0.3) is 16.7 Å². The van der Waals surface area contributed by atoms with Crippen molar-refractivity contribution < 1.29 is 9.59 Å². The lowest BCUT2D eigenvalue weighted by Gasteiger charge is -2.34. The molecule has 4 rings (SSSR count). The lowest BCUT2D eigenvalue weighted by molar-refractivity contribution is -0.191. The zero-order valence-corrected chi connectivity index (χ0v) is 20.6. The lowest BCUT2D eigenvalue weighted by atomic mass is 9.94. The SMILES string of the molecule is CCC1CCN(c2cc(C)nc3c2c(C)c(C)n3-c2c(C)cc(Cl)cc2C)CC1.O=C=O. The number of hydrogen-bond donors (Lipinski definition) is 0. The minimum absolute atomic E-state index is 0.250. The zero-order chi connectivity index (χ0) is 23.6. The Hall–Kier alpha value is -2.62. The molecule has 5 nitrogen and oxygen atoms in total. The number of anilines is 1. The highest BCUT2D eigenvalue weighted by atomic mass is 35.5. The van der Waals surface area contributed by atoms with E-state index in [-0.39, 0.29) is 6.15 Å². The van der Waals surface area contributed by atoms with Crippen LogP contribution in [0.1, 0.15) is 54.3 Å². The molecule has 0 atom stereocenters. The molecule has 0 saturated carbocycles. The van der Waals surface area contributed by atoms with Crippen molar-refractivity contribution in [3.63, 3.8) is 0 Å². The second-order valence-electron chi connectivity index (χ2n) is 8.84. The van der Waals surface area contributed by atoms with Crippen LogP contribution in [0, 0.1) is 40.5 Å². The maximum absolute atomic E-state index is 8.12. The van der Waals surface area contributed by atoms with Crippen molar-refractivity contribution in [3.8, 4) is 5.69 Å². The Morgan fingerprint density at radius 1 is 1.03 bits per heavy atom. The molecule has 1 fully saturated rings. The number of fused-ring (bicyclic) bond motifs is 1. The van der Waals surface area contributed by atoms with Crippen molar-refractivity contribution in [3.05, 3.63) is 51.3 Å². The molecule has 6 heteroatoms. The van der Waals surface area contributed by atoms with Crippen molar-refractivity contribution >= 4 is 34.5 Å². The number of piperidine rings is 1. The third kappa shape index (κ3) is 4.46. The van der Waals surface area contributed by atoms with Crippen molar-refractivity contribution in [2.75, 3.05) is 18.0 Å². The summed E-state index contributed by atoms with van der Waals surface area (Å²) in [5.74, 6) is 0.872. The Bertz CT molecular complexity index is 1140. The van der Waals surface area contributed by atoms with E-state index in [0.717, 1.165) is 35.4 Å². The molecule has 0 bridgehead atoms. The van der Waals surface area contributed by atoms with Gasteiger partial charge in [-0.3, -0.25) is 4.57 Å². The normalized spacial score (nSPS) is 14.3. The lowest BCUT2D eigenvalue weighted by Crippen LogP contribution is -2.33. The van der Waals surface area contributed by atoms with E-state index >= 15 is 0 Å². The third-order valence-electron chi connectivity index (χ3n) is 6.78. The molecule has 1 aromatic carbocycles. The molecular weight excluding hydrogens is 422 g/mol. The molecule has 2 aromatic heterocycles. The van der Waals surface area contributed by atoms with Gasteiger partial charge in [0.1, 0.15) is 5.65 Å². The third-order valence-corrected chi connectivity index (χ3v) is 7.00. The van der Waals surface area contributed by atoms with Gasteiger partial charge in [0.05, 0.1) is 5.69 Å². The van der Waals surface area contributed by atoms with Crippen LogP contribution in [0.5, 0.6) is 0 Å². The summed E-state index contributed by atoms with van der Waals surface area (Å²) in [6, 6.07) is 6.39. The van der Waals surface area contributed by atoms with Gasteiger partial charge in [-0.15, -0.1) is 0 Å². The monoisotopic (exact) mass is 453 g/mol. The van der Waals surface area contributed by atoms with Gasteiger partial charge in [0.2, 0.25) is 0 Å². The van der Waals surface area contributed by atoms with E-state index in [0.29, 0.717) is 0 Å². The molecule has 0 unspecified atom stereocenters. The van der Waals surface area contributed by atoms with Gasteiger partial charge in [-0.1, -0.05) is 24.9 Å². The van der Waals surface area contributed by atoms with Gasteiger partial charge in [-0.05, 0) is 88.3 Å². The molecular formula is C26H32ClN3O2. The predicted molar refractivity (Wildman–Crippen MR) is 130 cm³/mol. The minimum Gasteiger partial charge on any atom is -0.371 e. The topological polar surface area (TPSA) is 55.2 Å². The van der Waals surface area contributed by atoms with Crippen LogP contribution in [0.3, 0.4) is 0 Å². The molecule has 0 spiro atoms. The van der Waals surface area contributed by atoms with Crippen LogP contribution >= 0.6 is 11.6 Å². The maximum atomic E-state index is 8.12. The van der Waals surface area contributed by atoms with Gasteiger partial charge in [0, 0.05) is 40.6 Å². The summed E-state index contributed by atoms with van der Waals surface area (Å²) in [6.07, 6.45) is 4.11. The van der Waals surface area contributed by atoms with E-state index in [1.54, 1.807) is 0 Å². The number of pyridine rings is 1. The van der Waals surface area contributed by atoms with Gasteiger partial charge in [0.15, 0.2) is 0 Å². The fourth-order valence-electron chi connectivity index (χ4n) is 5.03. The molecule has 0 amide bonds. The highest BCUT2D eigenvalue weighted by Crippen LogP contribution is 2.38. The summed E-state index contributed by atoms with van der Waals surface area (Å²) in [5, 5.41) is 2.09. The van der Waals surface area contributed by atoms with Crippen LogP contribution in [-0.2, 0) is 9.59 Å². The summed E-state index contributed by atoms with van der Waals surface area (Å²) in [5.41, 5.74) is 9.66. The van der Waals surface area contributed by atoms with Crippen molar-refractivity contribution in [1.82, 2.24) is 9.55 Å². The number of aryl methyl sites for hydroxylation is 4. The molecule has 1 aliphatic heterocycles. The van der Waals surface area contributed by atoms with Crippen molar-refractivity contribution in [2.24, 2.45) is 5.92 Å². The fourth-order valence-corrected chi connectivity index (χ4v) is 5.36. The maximum Gasteiger partial charge on any atom is 0.373 e. The van der Waals surface area contributed by atoms with Gasteiger partial charge < -0.3 is 4.90 Å². The zero-order valence-electron chi connectivity index (χ0n) is 19.9. The fraction of sp³-hybridized carbons (Fsp3) is 0.462. The van der Waals surface area contributed by atoms with Gasteiger partial charge >= 0.3 is 6.15 Å². The standard InChI is InChI=1S/C25H32ClN3.CO2/c1-7-20-8-10-28(11-9-20)22-14-17(4)27-25-23(22)18(5)19(6)29(25)24-15(2)12-21(26)13-16(24)3;2-1-3/h12-14,20H,7-11H2,1-6H3;. The molecule has 170 valence electrons. The van der Waals surface area contributed by atoms with Crippen LogP contribution in [0.4, 0.5) is 5.69 Å². The highest BCUT2D eigenvalue weighted by molar-refractivity contribution is 6.30. The Balaban J connectivity index is 0.000000913. The first-order valence-electron chi connectivity index (χ1n) is 11.2. The molecule has 32 heavy (non-hydrogen) atoms. The summed E-state index contributed by atoms with van der Waals surface area (Å²) >= 11 is 6.32. The van der Waals surface area contributed by atoms with E-state index in [2.05, 4.69) is 69.2 Å². The Morgan fingerprint density at radius 2 is 1.59 bits per heavy atom. The van der Waals surface area contributed by atoms with Gasteiger partial charge in [-0.25, -0.2) is 4.98 Å². The average molecular weight is 454 g/mol. The summed E-state index contributed by atoms with van der Waals surface area (Å²) in [4.78, 5) is 23.9. The highest BCUT2D eigenvalue weighted by Gasteiger charge is 2.25.